The lowest BCUT2D eigenvalue weighted by molar-refractivity contribution is 1.35. The molecule has 1 heteroatoms. The topological polar surface area (TPSA) is 0 Å². The van der Waals surface area contributed by atoms with Crippen LogP contribution in [0.15, 0.2) is 94.7 Å². The molecule has 2 aliphatic carbocycles. The van der Waals surface area contributed by atoms with Crippen molar-refractivity contribution < 1.29 is 0 Å². The fourth-order valence-corrected chi connectivity index (χ4v) is 5.28. The highest BCUT2D eigenvalue weighted by atomic mass is 32.2. The van der Waals surface area contributed by atoms with Crippen LogP contribution in [0, 0.1) is 0 Å². The van der Waals surface area contributed by atoms with Crippen LogP contribution in [0.3, 0.4) is 0 Å². The summed E-state index contributed by atoms with van der Waals surface area (Å²) >= 11 is 1.90. The molecule has 25 heavy (non-hydrogen) atoms. The molecular weight excluding hydrogens is 320 g/mol. The SMILES string of the molecule is c1ccc2c(c1)-c1cccc(Sc3cccc4c3-c3ccccc3-4)c1-2. The molecule has 0 saturated heterocycles. The molecular formula is C24H14S. The number of hydrogen-bond acceptors (Lipinski definition) is 1. The second-order valence-electron chi connectivity index (χ2n) is 6.55. The Labute approximate surface area is 151 Å². The first-order chi connectivity index (χ1) is 12.4. The van der Waals surface area contributed by atoms with Gasteiger partial charge in [-0.25, -0.2) is 0 Å². The number of rotatable bonds is 2. The second-order valence-corrected chi connectivity index (χ2v) is 7.63. The second kappa shape index (κ2) is 4.87. The van der Waals surface area contributed by atoms with Gasteiger partial charge in [0.15, 0.2) is 0 Å². The molecule has 0 nitrogen and oxygen atoms in total. The molecule has 0 aromatic heterocycles. The average Bonchev–Trinajstić information content (AvgIpc) is 2.64. The van der Waals surface area contributed by atoms with Gasteiger partial charge in [-0.2, -0.15) is 0 Å². The molecule has 116 valence electrons. The van der Waals surface area contributed by atoms with Gasteiger partial charge in [-0.1, -0.05) is 84.6 Å². The summed E-state index contributed by atoms with van der Waals surface area (Å²) in [6, 6.07) is 30.8. The zero-order valence-electron chi connectivity index (χ0n) is 13.5. The van der Waals surface area contributed by atoms with Crippen LogP contribution in [0.25, 0.3) is 44.5 Å². The normalized spacial score (nSPS) is 12.2. The maximum absolute atomic E-state index is 2.25. The van der Waals surface area contributed by atoms with Gasteiger partial charge >= 0.3 is 0 Å². The van der Waals surface area contributed by atoms with Crippen LogP contribution >= 0.6 is 11.8 Å². The van der Waals surface area contributed by atoms with E-state index in [2.05, 4.69) is 84.9 Å². The minimum Gasteiger partial charge on any atom is -0.0888 e. The molecule has 0 heterocycles. The van der Waals surface area contributed by atoms with Gasteiger partial charge in [0, 0.05) is 20.9 Å². The van der Waals surface area contributed by atoms with Gasteiger partial charge in [0.2, 0.25) is 0 Å². The first-order valence-corrected chi connectivity index (χ1v) is 9.37. The maximum Gasteiger partial charge on any atom is 0.0207 e. The fraction of sp³-hybridized carbons (Fsp3) is 0. The lowest BCUT2D eigenvalue weighted by Crippen LogP contribution is -2.02. The molecule has 0 spiro atoms. The van der Waals surface area contributed by atoms with Gasteiger partial charge in [-0.3, -0.25) is 0 Å². The molecule has 4 aromatic rings. The van der Waals surface area contributed by atoms with E-state index >= 15 is 0 Å². The van der Waals surface area contributed by atoms with Crippen molar-refractivity contribution in [2.24, 2.45) is 0 Å². The van der Waals surface area contributed by atoms with Crippen molar-refractivity contribution in [3.63, 3.8) is 0 Å². The van der Waals surface area contributed by atoms with E-state index in [1.807, 2.05) is 11.8 Å². The molecule has 0 bridgehead atoms. The van der Waals surface area contributed by atoms with E-state index in [0.717, 1.165) is 0 Å². The third-order valence-corrected chi connectivity index (χ3v) is 6.37. The number of benzene rings is 4. The lowest BCUT2D eigenvalue weighted by atomic mass is 9.80. The predicted molar refractivity (Wildman–Crippen MR) is 106 cm³/mol. The minimum atomic E-state index is 1.36. The van der Waals surface area contributed by atoms with Crippen molar-refractivity contribution >= 4 is 11.8 Å². The van der Waals surface area contributed by atoms with Crippen LogP contribution in [0.5, 0.6) is 0 Å². The Morgan fingerprint density at radius 1 is 0.360 bits per heavy atom. The zero-order chi connectivity index (χ0) is 16.4. The third-order valence-electron chi connectivity index (χ3n) is 5.25. The summed E-state index contributed by atoms with van der Waals surface area (Å²) in [5, 5.41) is 0. The summed E-state index contributed by atoms with van der Waals surface area (Å²) in [6.45, 7) is 0. The van der Waals surface area contributed by atoms with Crippen molar-refractivity contribution in [3.8, 4) is 44.5 Å². The van der Waals surface area contributed by atoms with Crippen molar-refractivity contribution in [3.05, 3.63) is 84.9 Å². The molecule has 4 aromatic carbocycles. The maximum atomic E-state index is 2.25. The highest BCUT2D eigenvalue weighted by Gasteiger charge is 2.28. The average molecular weight is 334 g/mol. The number of fused-ring (bicyclic) bond motifs is 8. The van der Waals surface area contributed by atoms with Gasteiger partial charge in [-0.05, 0) is 45.5 Å². The van der Waals surface area contributed by atoms with Gasteiger partial charge in [0.1, 0.15) is 0 Å². The summed E-state index contributed by atoms with van der Waals surface area (Å²) in [6.07, 6.45) is 0. The summed E-state index contributed by atoms with van der Waals surface area (Å²) in [4.78, 5) is 2.71. The van der Waals surface area contributed by atoms with E-state index in [4.69, 9.17) is 0 Å². The van der Waals surface area contributed by atoms with Crippen molar-refractivity contribution in [1.29, 1.82) is 0 Å². The van der Waals surface area contributed by atoms with Gasteiger partial charge < -0.3 is 0 Å². The van der Waals surface area contributed by atoms with Crippen LogP contribution in [0.1, 0.15) is 0 Å². The molecule has 6 rings (SSSR count). The molecule has 0 N–H and O–H groups in total. The molecule has 2 aliphatic rings. The molecule has 0 radical (unpaired) electrons. The fourth-order valence-electron chi connectivity index (χ4n) is 4.10. The highest BCUT2D eigenvalue weighted by molar-refractivity contribution is 7.99. The zero-order valence-corrected chi connectivity index (χ0v) is 14.3. The molecule has 0 amide bonds. The standard InChI is InChI=1S/C24H14S/c1-3-9-17-15(7-1)19-11-5-13-21(23(17)19)25-22-14-6-12-20-16-8-2-4-10-18(16)24(20)22/h1-14H. The van der Waals surface area contributed by atoms with Gasteiger partial charge in [-0.15, -0.1) is 0 Å². The van der Waals surface area contributed by atoms with Crippen LogP contribution < -0.4 is 0 Å². The van der Waals surface area contributed by atoms with Crippen LogP contribution in [-0.2, 0) is 0 Å². The monoisotopic (exact) mass is 334 g/mol. The minimum absolute atomic E-state index is 1.36. The Bertz CT molecular complexity index is 1080. The quantitative estimate of drug-likeness (QED) is 0.324. The Morgan fingerprint density at radius 3 is 1.24 bits per heavy atom. The first-order valence-electron chi connectivity index (χ1n) is 8.55. The van der Waals surface area contributed by atoms with E-state index in [1.54, 1.807) is 0 Å². The molecule has 0 fully saturated rings. The first kappa shape index (κ1) is 13.5. The van der Waals surface area contributed by atoms with Crippen molar-refractivity contribution in [2.75, 3.05) is 0 Å². The summed E-state index contributed by atoms with van der Waals surface area (Å²) in [5.74, 6) is 0. The van der Waals surface area contributed by atoms with E-state index in [-0.39, 0.29) is 0 Å². The lowest BCUT2D eigenvalue weighted by Gasteiger charge is -2.29. The smallest absolute Gasteiger partial charge is 0.0207 e. The molecule has 0 atom stereocenters. The van der Waals surface area contributed by atoms with Crippen molar-refractivity contribution in [1.82, 2.24) is 0 Å². The van der Waals surface area contributed by atoms with E-state index in [1.165, 1.54) is 54.3 Å². The van der Waals surface area contributed by atoms with Crippen LogP contribution in [0.4, 0.5) is 0 Å². The molecule has 0 unspecified atom stereocenters. The van der Waals surface area contributed by atoms with Crippen LogP contribution in [-0.4, -0.2) is 0 Å². The summed E-state index contributed by atoms with van der Waals surface area (Å²) < 4.78 is 0. The Morgan fingerprint density at radius 2 is 0.760 bits per heavy atom. The summed E-state index contributed by atoms with van der Waals surface area (Å²) in [5.41, 5.74) is 11.1. The number of hydrogen-bond donors (Lipinski definition) is 0. The van der Waals surface area contributed by atoms with Gasteiger partial charge in [0.25, 0.3) is 0 Å². The van der Waals surface area contributed by atoms with Crippen molar-refractivity contribution in [2.45, 2.75) is 9.79 Å². The predicted octanol–water partition coefficient (Wildman–Crippen LogP) is 7.13. The Balaban J connectivity index is 1.46. The van der Waals surface area contributed by atoms with E-state index in [0.29, 0.717) is 0 Å². The van der Waals surface area contributed by atoms with E-state index < -0.39 is 0 Å². The Hall–Kier alpha value is -2.77. The summed E-state index contributed by atoms with van der Waals surface area (Å²) in [7, 11) is 0. The van der Waals surface area contributed by atoms with Crippen LogP contribution in [0.2, 0.25) is 0 Å². The van der Waals surface area contributed by atoms with E-state index in [9.17, 15) is 0 Å². The highest BCUT2D eigenvalue weighted by Crippen LogP contribution is 2.56. The molecule has 0 saturated carbocycles. The Kier molecular flexibility index (Phi) is 2.63. The molecule has 0 aliphatic heterocycles. The van der Waals surface area contributed by atoms with Gasteiger partial charge in [0.05, 0.1) is 0 Å². The third kappa shape index (κ3) is 1.74. The largest absolute Gasteiger partial charge is 0.0888 e.